The van der Waals surface area contributed by atoms with Crippen LogP contribution in [0.15, 0.2) is 65.8 Å². The second kappa shape index (κ2) is 6.84. The minimum atomic E-state index is -0.480. The van der Waals surface area contributed by atoms with Crippen molar-refractivity contribution < 1.29 is 24.1 Å². The van der Waals surface area contributed by atoms with Crippen molar-refractivity contribution in [2.24, 2.45) is 5.10 Å². The molecule has 0 fully saturated rings. The standard InChI is InChI=1S/C24H20N2O5/c1-28-21-8-4-6-16-18-12-17(15-5-2-3-7-19(15)27)25-26(18)24(31-23(16)21)14-9-10-20-22(11-14)30-13-29-20/h2-11,18,24,27H,12-13H2,1H3/t18-,24+/m0/s1. The largest absolute Gasteiger partial charge is 0.507 e. The minimum Gasteiger partial charge on any atom is -0.507 e. The number of aromatic hydroxyl groups is 1. The molecule has 31 heavy (non-hydrogen) atoms. The number of para-hydroxylation sites is 2. The van der Waals surface area contributed by atoms with Gasteiger partial charge >= 0.3 is 0 Å². The van der Waals surface area contributed by atoms with E-state index in [1.165, 1.54) is 0 Å². The highest BCUT2D eigenvalue weighted by Crippen LogP contribution is 2.51. The number of methoxy groups -OCH3 is 1. The normalized spacial score (nSPS) is 20.5. The molecule has 0 aliphatic carbocycles. The molecule has 7 nitrogen and oxygen atoms in total. The van der Waals surface area contributed by atoms with Crippen LogP contribution in [0.2, 0.25) is 0 Å². The highest BCUT2D eigenvalue weighted by atomic mass is 16.7. The number of rotatable bonds is 3. The minimum absolute atomic E-state index is 0.0520. The molecule has 0 unspecified atom stereocenters. The first-order valence-electron chi connectivity index (χ1n) is 10.1. The molecule has 156 valence electrons. The van der Waals surface area contributed by atoms with E-state index >= 15 is 0 Å². The molecule has 3 aliphatic rings. The summed E-state index contributed by atoms with van der Waals surface area (Å²) in [7, 11) is 1.64. The number of phenols is 1. The maximum absolute atomic E-state index is 10.4. The SMILES string of the molecule is COc1cccc2c1O[C@H](c1ccc3c(c1)OCO3)N1N=C(c3ccccc3O)C[C@@H]21. The maximum Gasteiger partial charge on any atom is 0.231 e. The predicted octanol–water partition coefficient (Wildman–Crippen LogP) is 4.37. The molecule has 1 N–H and O–H groups in total. The Morgan fingerprint density at radius 3 is 2.77 bits per heavy atom. The fourth-order valence-corrected chi connectivity index (χ4v) is 4.41. The average Bonchev–Trinajstić information content (AvgIpc) is 3.45. The molecule has 0 spiro atoms. The van der Waals surface area contributed by atoms with Gasteiger partial charge in [-0.05, 0) is 36.4 Å². The molecule has 7 heteroatoms. The Kier molecular flexibility index (Phi) is 3.96. The van der Waals surface area contributed by atoms with Gasteiger partial charge in [-0.15, -0.1) is 0 Å². The van der Waals surface area contributed by atoms with Crippen LogP contribution in [0.4, 0.5) is 0 Å². The Hall–Kier alpha value is -3.87. The first-order valence-corrected chi connectivity index (χ1v) is 10.1. The first-order chi connectivity index (χ1) is 15.2. The van der Waals surface area contributed by atoms with E-state index in [9.17, 15) is 5.11 Å². The predicted molar refractivity (Wildman–Crippen MR) is 113 cm³/mol. The number of benzene rings is 3. The third-order valence-electron chi connectivity index (χ3n) is 5.90. The lowest BCUT2D eigenvalue weighted by Gasteiger charge is -2.38. The van der Waals surface area contributed by atoms with Crippen molar-refractivity contribution in [3.8, 4) is 28.7 Å². The van der Waals surface area contributed by atoms with E-state index in [0.717, 1.165) is 22.4 Å². The van der Waals surface area contributed by atoms with Crippen LogP contribution >= 0.6 is 0 Å². The number of nitrogens with zero attached hydrogens (tertiary/aromatic N) is 2. The lowest BCUT2D eigenvalue weighted by Crippen LogP contribution is -2.33. The quantitative estimate of drug-likeness (QED) is 0.684. The van der Waals surface area contributed by atoms with Crippen LogP contribution in [0.1, 0.15) is 35.4 Å². The molecule has 2 atom stereocenters. The van der Waals surface area contributed by atoms with Crippen molar-refractivity contribution in [2.75, 3.05) is 13.9 Å². The second-order valence-corrected chi connectivity index (χ2v) is 7.63. The van der Waals surface area contributed by atoms with Gasteiger partial charge in [0.25, 0.3) is 0 Å². The van der Waals surface area contributed by atoms with E-state index in [1.807, 2.05) is 53.5 Å². The van der Waals surface area contributed by atoms with Crippen LogP contribution in [-0.4, -0.2) is 29.7 Å². The monoisotopic (exact) mass is 416 g/mol. The van der Waals surface area contributed by atoms with Gasteiger partial charge in [-0.25, -0.2) is 5.01 Å². The smallest absolute Gasteiger partial charge is 0.231 e. The summed E-state index contributed by atoms with van der Waals surface area (Å²) in [4.78, 5) is 0. The third-order valence-corrected chi connectivity index (χ3v) is 5.90. The van der Waals surface area contributed by atoms with Gasteiger partial charge in [0.15, 0.2) is 23.0 Å². The molecule has 3 aliphatic heterocycles. The van der Waals surface area contributed by atoms with Crippen molar-refractivity contribution in [3.05, 3.63) is 77.4 Å². The summed E-state index contributed by atoms with van der Waals surface area (Å²) in [5.74, 6) is 3.01. The molecule has 3 heterocycles. The van der Waals surface area contributed by atoms with Crippen molar-refractivity contribution >= 4 is 5.71 Å². The fourth-order valence-electron chi connectivity index (χ4n) is 4.41. The van der Waals surface area contributed by atoms with E-state index in [2.05, 4.69) is 0 Å². The topological polar surface area (TPSA) is 72.8 Å². The van der Waals surface area contributed by atoms with Crippen LogP contribution in [-0.2, 0) is 0 Å². The molecule has 3 aromatic carbocycles. The van der Waals surface area contributed by atoms with Crippen molar-refractivity contribution in [2.45, 2.75) is 18.7 Å². The molecular weight excluding hydrogens is 396 g/mol. The summed E-state index contributed by atoms with van der Waals surface area (Å²) in [5.41, 5.74) is 3.44. The van der Waals surface area contributed by atoms with Crippen molar-refractivity contribution in [1.82, 2.24) is 5.01 Å². The third kappa shape index (κ3) is 2.77. The molecule has 3 aromatic rings. The number of hydrogen-bond donors (Lipinski definition) is 1. The second-order valence-electron chi connectivity index (χ2n) is 7.63. The van der Waals surface area contributed by atoms with Gasteiger partial charge in [-0.3, -0.25) is 0 Å². The lowest BCUT2D eigenvalue weighted by molar-refractivity contribution is -0.0209. The summed E-state index contributed by atoms with van der Waals surface area (Å²) in [6.07, 6.45) is 0.161. The van der Waals surface area contributed by atoms with E-state index in [4.69, 9.17) is 24.0 Å². The van der Waals surface area contributed by atoms with Crippen LogP contribution in [0.5, 0.6) is 28.7 Å². The summed E-state index contributed by atoms with van der Waals surface area (Å²) < 4.78 is 23.1. The first kappa shape index (κ1) is 17.9. The van der Waals surface area contributed by atoms with Crippen LogP contribution < -0.4 is 18.9 Å². The van der Waals surface area contributed by atoms with E-state index in [1.54, 1.807) is 19.2 Å². The molecule has 6 rings (SSSR count). The van der Waals surface area contributed by atoms with Crippen LogP contribution in [0.25, 0.3) is 0 Å². The Balaban J connectivity index is 1.48. The van der Waals surface area contributed by atoms with Gasteiger partial charge in [0, 0.05) is 23.1 Å². The fraction of sp³-hybridized carbons (Fsp3) is 0.208. The highest BCUT2D eigenvalue weighted by Gasteiger charge is 2.42. The van der Waals surface area contributed by atoms with Gasteiger partial charge in [-0.1, -0.05) is 24.3 Å². The number of hydrazone groups is 1. The summed E-state index contributed by atoms with van der Waals surface area (Å²) in [6.45, 7) is 0.211. The van der Waals surface area contributed by atoms with Gasteiger partial charge in [0.2, 0.25) is 13.0 Å². The van der Waals surface area contributed by atoms with Gasteiger partial charge in [0.05, 0.1) is 18.9 Å². The summed E-state index contributed by atoms with van der Waals surface area (Å²) in [5, 5.41) is 17.2. The van der Waals surface area contributed by atoms with E-state index in [0.29, 0.717) is 29.4 Å². The van der Waals surface area contributed by atoms with Crippen LogP contribution in [0, 0.1) is 0 Å². The zero-order valence-electron chi connectivity index (χ0n) is 16.8. The molecule has 0 saturated heterocycles. The Morgan fingerprint density at radius 1 is 1.03 bits per heavy atom. The average molecular weight is 416 g/mol. The Morgan fingerprint density at radius 2 is 1.90 bits per heavy atom. The van der Waals surface area contributed by atoms with Crippen molar-refractivity contribution in [3.63, 3.8) is 0 Å². The van der Waals surface area contributed by atoms with Crippen molar-refractivity contribution in [1.29, 1.82) is 0 Å². The van der Waals surface area contributed by atoms with Gasteiger partial charge in [0.1, 0.15) is 5.75 Å². The van der Waals surface area contributed by atoms with E-state index in [-0.39, 0.29) is 18.6 Å². The number of phenolic OH excluding ortho intramolecular Hbond substituents is 1. The zero-order chi connectivity index (χ0) is 20.9. The Labute approximate surface area is 179 Å². The number of fused-ring (bicyclic) bond motifs is 4. The Bertz CT molecular complexity index is 1210. The van der Waals surface area contributed by atoms with Gasteiger partial charge < -0.3 is 24.1 Å². The number of ether oxygens (including phenoxy) is 4. The lowest BCUT2D eigenvalue weighted by atomic mass is 9.95. The molecule has 0 saturated carbocycles. The molecular formula is C24H20N2O5. The highest BCUT2D eigenvalue weighted by molar-refractivity contribution is 6.04. The van der Waals surface area contributed by atoms with Crippen LogP contribution in [0.3, 0.4) is 0 Å². The molecule has 0 amide bonds. The zero-order valence-corrected chi connectivity index (χ0v) is 16.8. The molecule has 0 aromatic heterocycles. The molecule has 0 bridgehead atoms. The number of hydrogen-bond acceptors (Lipinski definition) is 7. The summed E-state index contributed by atoms with van der Waals surface area (Å²) in [6, 6.07) is 18.9. The van der Waals surface area contributed by atoms with Gasteiger partial charge in [-0.2, -0.15) is 5.10 Å². The maximum atomic E-state index is 10.4. The summed E-state index contributed by atoms with van der Waals surface area (Å²) >= 11 is 0. The molecule has 0 radical (unpaired) electrons. The van der Waals surface area contributed by atoms with E-state index < -0.39 is 6.23 Å².